The van der Waals surface area contributed by atoms with Gasteiger partial charge < -0.3 is 15.7 Å². The van der Waals surface area contributed by atoms with Crippen molar-refractivity contribution >= 4 is 11.9 Å². The number of nitrogens with one attached hydrogen (secondary N) is 2. The molecule has 1 unspecified atom stereocenters. The zero-order chi connectivity index (χ0) is 18.9. The third-order valence-corrected chi connectivity index (χ3v) is 4.22. The summed E-state index contributed by atoms with van der Waals surface area (Å²) in [5, 5.41) is 15.3. The average molecular weight is 354 g/mol. The van der Waals surface area contributed by atoms with Crippen LogP contribution in [0, 0.1) is 6.92 Å². The lowest BCUT2D eigenvalue weighted by Gasteiger charge is -2.21. The molecule has 2 atom stereocenters. The molecule has 26 heavy (non-hydrogen) atoms. The van der Waals surface area contributed by atoms with Gasteiger partial charge in [0, 0.05) is 6.42 Å². The van der Waals surface area contributed by atoms with Crippen molar-refractivity contribution in [2.45, 2.75) is 38.8 Å². The van der Waals surface area contributed by atoms with Crippen LogP contribution in [0.5, 0.6) is 0 Å². The van der Waals surface area contributed by atoms with E-state index in [0.717, 1.165) is 16.7 Å². The summed E-state index contributed by atoms with van der Waals surface area (Å²) in [7, 11) is 0. The number of aryl methyl sites for hydroxylation is 1. The molecule has 138 valence electrons. The molecule has 0 heterocycles. The first-order valence-corrected chi connectivity index (χ1v) is 8.85. The SMILES string of the molecule is CCNC(Cc1ccc(C)cc1)C(=O)N[C@@H](Cc1ccccc1)C(=O)O. The first kappa shape index (κ1) is 19.7. The van der Waals surface area contributed by atoms with Gasteiger partial charge in [-0.25, -0.2) is 4.79 Å². The number of aliphatic carboxylic acids is 1. The highest BCUT2D eigenvalue weighted by Gasteiger charge is 2.25. The number of amides is 1. The van der Waals surface area contributed by atoms with E-state index in [0.29, 0.717) is 13.0 Å². The molecule has 0 radical (unpaired) electrons. The highest BCUT2D eigenvalue weighted by Crippen LogP contribution is 2.08. The van der Waals surface area contributed by atoms with Crippen LogP contribution in [0.1, 0.15) is 23.6 Å². The van der Waals surface area contributed by atoms with Crippen LogP contribution >= 0.6 is 0 Å². The zero-order valence-corrected chi connectivity index (χ0v) is 15.2. The van der Waals surface area contributed by atoms with Crippen LogP contribution in [0.4, 0.5) is 0 Å². The molecule has 0 saturated carbocycles. The Balaban J connectivity index is 2.05. The van der Waals surface area contributed by atoms with E-state index in [1.807, 2.05) is 68.4 Å². The number of carbonyl (C=O) groups excluding carboxylic acids is 1. The van der Waals surface area contributed by atoms with Gasteiger partial charge in [-0.1, -0.05) is 67.1 Å². The van der Waals surface area contributed by atoms with Gasteiger partial charge in [-0.2, -0.15) is 0 Å². The number of hydrogen-bond donors (Lipinski definition) is 3. The van der Waals surface area contributed by atoms with Crippen LogP contribution in [0.25, 0.3) is 0 Å². The van der Waals surface area contributed by atoms with Crippen molar-refractivity contribution < 1.29 is 14.7 Å². The fourth-order valence-electron chi connectivity index (χ4n) is 2.79. The first-order valence-electron chi connectivity index (χ1n) is 8.85. The lowest BCUT2D eigenvalue weighted by atomic mass is 10.0. The van der Waals surface area contributed by atoms with Gasteiger partial charge in [0.05, 0.1) is 6.04 Å². The fourth-order valence-corrected chi connectivity index (χ4v) is 2.79. The molecule has 0 spiro atoms. The van der Waals surface area contributed by atoms with Crippen LogP contribution in [0.3, 0.4) is 0 Å². The molecule has 0 aliphatic rings. The Morgan fingerprint density at radius 2 is 1.50 bits per heavy atom. The largest absolute Gasteiger partial charge is 0.480 e. The summed E-state index contributed by atoms with van der Waals surface area (Å²) in [4.78, 5) is 24.3. The predicted octanol–water partition coefficient (Wildman–Crippen LogP) is 2.33. The van der Waals surface area contributed by atoms with Crippen LogP contribution < -0.4 is 10.6 Å². The average Bonchev–Trinajstić information content (AvgIpc) is 2.63. The second-order valence-corrected chi connectivity index (χ2v) is 6.39. The fraction of sp³-hybridized carbons (Fsp3) is 0.333. The summed E-state index contributed by atoms with van der Waals surface area (Å²) in [6.45, 7) is 4.56. The highest BCUT2D eigenvalue weighted by molar-refractivity contribution is 5.87. The van der Waals surface area contributed by atoms with Gasteiger partial charge in [0.15, 0.2) is 0 Å². The second kappa shape index (κ2) is 9.73. The van der Waals surface area contributed by atoms with E-state index in [1.54, 1.807) is 0 Å². The molecule has 5 heteroatoms. The molecule has 0 bridgehead atoms. The Bertz CT molecular complexity index is 714. The predicted molar refractivity (Wildman–Crippen MR) is 102 cm³/mol. The highest BCUT2D eigenvalue weighted by atomic mass is 16.4. The monoisotopic (exact) mass is 354 g/mol. The smallest absolute Gasteiger partial charge is 0.326 e. The molecule has 0 aromatic heterocycles. The van der Waals surface area contributed by atoms with E-state index in [1.165, 1.54) is 0 Å². The van der Waals surface area contributed by atoms with Crippen molar-refractivity contribution in [3.05, 3.63) is 71.3 Å². The molecule has 2 aromatic carbocycles. The number of carbonyl (C=O) groups is 2. The molecule has 5 nitrogen and oxygen atoms in total. The zero-order valence-electron chi connectivity index (χ0n) is 15.2. The Kier molecular flexibility index (Phi) is 7.36. The van der Waals surface area contributed by atoms with E-state index in [4.69, 9.17) is 0 Å². The van der Waals surface area contributed by atoms with Crippen molar-refractivity contribution in [1.29, 1.82) is 0 Å². The summed E-state index contributed by atoms with van der Waals surface area (Å²) in [6.07, 6.45) is 0.767. The van der Waals surface area contributed by atoms with Crippen molar-refractivity contribution in [3.8, 4) is 0 Å². The summed E-state index contributed by atoms with van der Waals surface area (Å²) in [6, 6.07) is 15.9. The minimum atomic E-state index is -1.03. The number of carboxylic acid groups (broad SMARTS) is 1. The maximum absolute atomic E-state index is 12.7. The standard InChI is InChI=1S/C21H26N2O3/c1-3-22-18(13-17-11-9-15(2)10-12-17)20(24)23-19(21(25)26)14-16-7-5-4-6-8-16/h4-12,18-19,22H,3,13-14H2,1-2H3,(H,23,24)(H,25,26)/t18?,19-/m0/s1. The molecular weight excluding hydrogens is 328 g/mol. The van der Waals surface area contributed by atoms with Crippen LogP contribution in [-0.2, 0) is 22.4 Å². The Hall–Kier alpha value is -2.66. The van der Waals surface area contributed by atoms with Gasteiger partial charge in [0.25, 0.3) is 0 Å². The Morgan fingerprint density at radius 3 is 2.08 bits per heavy atom. The summed E-state index contributed by atoms with van der Waals surface area (Å²) < 4.78 is 0. The summed E-state index contributed by atoms with van der Waals surface area (Å²) in [5.41, 5.74) is 3.07. The van der Waals surface area contributed by atoms with Gasteiger partial charge in [0.2, 0.25) is 5.91 Å². The quantitative estimate of drug-likeness (QED) is 0.646. The van der Waals surface area contributed by atoms with E-state index in [-0.39, 0.29) is 12.3 Å². The van der Waals surface area contributed by atoms with Crippen molar-refractivity contribution in [2.24, 2.45) is 0 Å². The van der Waals surface area contributed by atoms with Crippen LogP contribution in [0.15, 0.2) is 54.6 Å². The summed E-state index contributed by atoms with van der Waals surface area (Å²) >= 11 is 0. The Morgan fingerprint density at radius 1 is 0.923 bits per heavy atom. The molecule has 0 aliphatic carbocycles. The summed E-state index contributed by atoms with van der Waals surface area (Å²) in [5.74, 6) is -1.33. The van der Waals surface area contributed by atoms with E-state index in [2.05, 4.69) is 10.6 Å². The van der Waals surface area contributed by atoms with Crippen LogP contribution in [-0.4, -0.2) is 35.6 Å². The van der Waals surface area contributed by atoms with E-state index >= 15 is 0 Å². The van der Waals surface area contributed by atoms with E-state index in [9.17, 15) is 14.7 Å². The minimum Gasteiger partial charge on any atom is -0.480 e. The molecule has 1 amide bonds. The first-order chi connectivity index (χ1) is 12.5. The molecule has 0 saturated heterocycles. The molecule has 2 aromatic rings. The molecule has 0 fully saturated rings. The van der Waals surface area contributed by atoms with Crippen LogP contribution in [0.2, 0.25) is 0 Å². The lowest BCUT2D eigenvalue weighted by Crippen LogP contribution is -2.51. The number of likely N-dealkylation sites (N-methyl/N-ethyl adjacent to an activating group) is 1. The lowest BCUT2D eigenvalue weighted by molar-refractivity contribution is -0.142. The normalized spacial score (nSPS) is 13.0. The maximum Gasteiger partial charge on any atom is 0.326 e. The minimum absolute atomic E-state index is 0.255. The van der Waals surface area contributed by atoms with Gasteiger partial charge in [-0.3, -0.25) is 4.79 Å². The molecular formula is C21H26N2O3. The number of carboxylic acids is 1. The molecule has 2 rings (SSSR count). The molecule has 0 aliphatic heterocycles. The van der Waals surface area contributed by atoms with Gasteiger partial charge in [-0.15, -0.1) is 0 Å². The third kappa shape index (κ3) is 6.01. The van der Waals surface area contributed by atoms with Gasteiger partial charge in [0.1, 0.15) is 6.04 Å². The third-order valence-electron chi connectivity index (χ3n) is 4.22. The topological polar surface area (TPSA) is 78.4 Å². The van der Waals surface area contributed by atoms with E-state index < -0.39 is 18.1 Å². The Labute approximate surface area is 154 Å². The second-order valence-electron chi connectivity index (χ2n) is 6.39. The number of rotatable bonds is 9. The number of hydrogen-bond acceptors (Lipinski definition) is 3. The number of benzene rings is 2. The molecule has 3 N–H and O–H groups in total. The van der Waals surface area contributed by atoms with Gasteiger partial charge in [-0.05, 0) is 31.0 Å². The van der Waals surface area contributed by atoms with Gasteiger partial charge >= 0.3 is 5.97 Å². The van der Waals surface area contributed by atoms with Crippen molar-refractivity contribution in [3.63, 3.8) is 0 Å². The van der Waals surface area contributed by atoms with Crippen molar-refractivity contribution in [1.82, 2.24) is 10.6 Å². The maximum atomic E-state index is 12.7. The van der Waals surface area contributed by atoms with Crippen molar-refractivity contribution in [2.75, 3.05) is 6.54 Å².